The van der Waals surface area contributed by atoms with Crippen molar-refractivity contribution in [3.63, 3.8) is 0 Å². The molecule has 0 amide bonds. The summed E-state index contributed by atoms with van der Waals surface area (Å²) in [5.41, 5.74) is 2.27. The second-order valence-corrected chi connectivity index (χ2v) is 17.9. The molecule has 0 aliphatic carbocycles. The number of anilines is 2. The van der Waals surface area contributed by atoms with Gasteiger partial charge >= 0.3 is 13.3 Å². The maximum atomic E-state index is 14.6. The molecule has 1 radical (unpaired) electrons. The quantitative estimate of drug-likeness (QED) is 0.0637. The first kappa shape index (κ1) is 45.6. The summed E-state index contributed by atoms with van der Waals surface area (Å²) in [6.45, 7) is 1.52. The molecule has 5 heterocycles. The van der Waals surface area contributed by atoms with Crippen LogP contribution in [0.25, 0.3) is 11.2 Å². The number of nitrogens with one attached hydrogen (secondary N) is 2. The molecule has 18 nitrogen and oxygen atoms in total. The topological polar surface area (TPSA) is 201 Å². The summed E-state index contributed by atoms with van der Waals surface area (Å²) in [5.74, 6) is 1.84. The molecule has 1 unspecified atom stereocenters. The lowest BCUT2D eigenvalue weighted by Crippen LogP contribution is -2.38. The lowest BCUT2D eigenvalue weighted by Gasteiger charge is -2.37. The number of aryl methyl sites for hydroxylation is 1. The van der Waals surface area contributed by atoms with Crippen LogP contribution in [0, 0.1) is 13.3 Å². The van der Waals surface area contributed by atoms with Crippen molar-refractivity contribution in [3.8, 4) is 11.5 Å². The number of methoxy groups -OCH3 is 2. The number of fused-ring (bicyclic) bond motifs is 1. The van der Waals surface area contributed by atoms with Crippen molar-refractivity contribution in [1.29, 1.82) is 0 Å². The maximum absolute atomic E-state index is 14.6. The van der Waals surface area contributed by atoms with Crippen molar-refractivity contribution in [2.75, 3.05) is 39.6 Å². The standard InChI is InChI=1S/C48H49N7O11P/c1-31-26-54(47(57)53-46(31)56)40-23-24-42(65-40)62-30-67(58,61-4)66-38-25-41(55-29-51-43-44(49-28-50-45(43)55)52-35-13-9-6-10-14-35)64-39(38)27-63-48(32-11-7-5-8-12-32,33-15-19-36(59-2)20-16-33)34-17-21-37(60-3)22-18-34/h5-22,24,26,28-29,38-42H,23,25,27,30H2,1-4H3,(H,49,50,52)(H,53,56,57)/t38-,39-,40-,41-,42+,67?/m1/s1. The number of para-hydroxylation sites is 1. The Morgan fingerprint density at radius 1 is 0.806 bits per heavy atom. The molecule has 2 N–H and O–H groups in total. The summed E-state index contributed by atoms with van der Waals surface area (Å²) in [4.78, 5) is 40.6. The highest BCUT2D eigenvalue weighted by Gasteiger charge is 2.46. The van der Waals surface area contributed by atoms with Gasteiger partial charge < -0.3 is 42.8 Å². The molecule has 347 valence electrons. The van der Waals surface area contributed by atoms with Crippen LogP contribution in [0.1, 0.15) is 47.6 Å². The van der Waals surface area contributed by atoms with Crippen LogP contribution in [-0.4, -0.2) is 81.9 Å². The van der Waals surface area contributed by atoms with Gasteiger partial charge in [-0.25, -0.2) is 19.7 Å². The summed E-state index contributed by atoms with van der Waals surface area (Å²) < 4.78 is 67.0. The Morgan fingerprint density at radius 2 is 1.46 bits per heavy atom. The van der Waals surface area contributed by atoms with Gasteiger partial charge in [0.2, 0.25) is 0 Å². The van der Waals surface area contributed by atoms with Gasteiger partial charge in [0.05, 0.1) is 27.2 Å². The number of benzene rings is 4. The molecule has 9 rings (SSSR count). The number of H-pyrrole nitrogens is 1. The predicted molar refractivity (Wildman–Crippen MR) is 246 cm³/mol. The molecule has 2 aliphatic heterocycles. The SMILES string of the molecule is COc1ccc(C(OC[C@H]2O[C@@H](n3cnc4c(Nc5ccccc5)ncnc43)C[C@H]2OP(=O)(CO[C@@H]2[CH]C[C@H](n3cc(C)c(=O)[nH]c3=O)O2)OC)(c2ccccc2)c2ccc(OC)cc2)cc1. The van der Waals surface area contributed by atoms with Gasteiger partial charge in [0.1, 0.15) is 48.1 Å². The molecule has 0 spiro atoms. The van der Waals surface area contributed by atoms with Gasteiger partial charge in [0, 0.05) is 43.8 Å². The highest BCUT2D eigenvalue weighted by molar-refractivity contribution is 7.53. The normalized spacial score (nSPS) is 20.4. The number of rotatable bonds is 18. The van der Waals surface area contributed by atoms with Crippen molar-refractivity contribution in [2.24, 2.45) is 0 Å². The smallest absolute Gasteiger partial charge is 0.356 e. The Bertz CT molecular complexity index is 2900. The van der Waals surface area contributed by atoms with E-state index in [0.717, 1.165) is 22.4 Å². The third kappa shape index (κ3) is 9.55. The highest BCUT2D eigenvalue weighted by atomic mass is 31.2. The molecule has 2 aliphatic rings. The molecule has 7 aromatic rings. The Balaban J connectivity index is 1.03. The van der Waals surface area contributed by atoms with Crippen LogP contribution in [0.15, 0.2) is 138 Å². The largest absolute Gasteiger partial charge is 0.497 e. The van der Waals surface area contributed by atoms with Crippen LogP contribution in [0.3, 0.4) is 0 Å². The molecule has 0 bridgehead atoms. The number of hydrogen-bond donors (Lipinski definition) is 2. The lowest BCUT2D eigenvalue weighted by atomic mass is 9.80. The first-order valence-corrected chi connectivity index (χ1v) is 23.2. The molecular formula is C48H49N7O11P. The van der Waals surface area contributed by atoms with Crippen LogP contribution in [0.2, 0.25) is 0 Å². The van der Waals surface area contributed by atoms with E-state index in [0.29, 0.717) is 34.0 Å². The van der Waals surface area contributed by atoms with Gasteiger partial charge in [-0.2, -0.15) is 0 Å². The minimum absolute atomic E-state index is 0.0738. The van der Waals surface area contributed by atoms with Crippen molar-refractivity contribution < 1.29 is 42.0 Å². The number of aromatic nitrogens is 6. The van der Waals surface area contributed by atoms with Gasteiger partial charge in [-0.15, -0.1) is 0 Å². The molecule has 3 aromatic heterocycles. The molecule has 67 heavy (non-hydrogen) atoms. The van der Waals surface area contributed by atoms with Crippen LogP contribution in [0.5, 0.6) is 11.5 Å². The minimum atomic E-state index is -4.07. The summed E-state index contributed by atoms with van der Waals surface area (Å²) >= 11 is 0. The highest BCUT2D eigenvalue weighted by Crippen LogP contribution is 2.53. The number of ether oxygens (including phenoxy) is 6. The fraction of sp³-hybridized carbons (Fsp3) is 0.292. The van der Waals surface area contributed by atoms with E-state index in [-0.39, 0.29) is 19.4 Å². The van der Waals surface area contributed by atoms with E-state index in [4.69, 9.17) is 42.5 Å². The second kappa shape index (κ2) is 19.8. The Morgan fingerprint density at radius 3 is 2.12 bits per heavy atom. The zero-order valence-electron chi connectivity index (χ0n) is 37.1. The summed E-state index contributed by atoms with van der Waals surface area (Å²) in [5, 5.41) is 3.32. The lowest BCUT2D eigenvalue weighted by molar-refractivity contribution is -0.133. The van der Waals surface area contributed by atoms with E-state index in [1.165, 1.54) is 24.2 Å². The summed E-state index contributed by atoms with van der Waals surface area (Å²) in [6, 6.07) is 34.8. The molecule has 19 heteroatoms. The number of aromatic amines is 1. The van der Waals surface area contributed by atoms with Crippen LogP contribution < -0.4 is 26.0 Å². The van der Waals surface area contributed by atoms with Crippen molar-refractivity contribution in [2.45, 2.75) is 56.3 Å². The van der Waals surface area contributed by atoms with Crippen molar-refractivity contribution in [1.82, 2.24) is 29.1 Å². The average molecular weight is 931 g/mol. The first-order chi connectivity index (χ1) is 32.6. The van der Waals surface area contributed by atoms with Gasteiger partial charge in [0.15, 0.2) is 29.6 Å². The molecule has 6 atom stereocenters. The zero-order valence-corrected chi connectivity index (χ0v) is 38.0. The fourth-order valence-electron chi connectivity index (χ4n) is 8.30. The van der Waals surface area contributed by atoms with Gasteiger partial charge in [-0.3, -0.25) is 23.5 Å². The van der Waals surface area contributed by atoms with Crippen molar-refractivity contribution in [3.05, 3.63) is 178 Å². The number of nitrogens with zero attached hydrogens (tertiary/aromatic N) is 5. The third-order valence-corrected chi connectivity index (χ3v) is 13.4. The molecule has 2 fully saturated rings. The second-order valence-electron chi connectivity index (χ2n) is 15.9. The van der Waals surface area contributed by atoms with Crippen LogP contribution in [0.4, 0.5) is 11.5 Å². The minimum Gasteiger partial charge on any atom is -0.497 e. The Kier molecular flexibility index (Phi) is 13.5. The Hall–Kier alpha value is -6.50. The van der Waals surface area contributed by atoms with E-state index in [9.17, 15) is 14.2 Å². The first-order valence-electron chi connectivity index (χ1n) is 21.5. The van der Waals surface area contributed by atoms with Gasteiger partial charge in [0.25, 0.3) is 5.56 Å². The van der Waals surface area contributed by atoms with Crippen LogP contribution >= 0.6 is 7.60 Å². The third-order valence-electron chi connectivity index (χ3n) is 11.8. The molecule has 2 saturated heterocycles. The number of imidazole rings is 1. The monoisotopic (exact) mass is 930 g/mol. The van der Waals surface area contributed by atoms with E-state index in [1.807, 2.05) is 109 Å². The Labute approximate surface area is 385 Å². The summed E-state index contributed by atoms with van der Waals surface area (Å²) in [6.07, 6.45) is 1.92. The van der Waals surface area contributed by atoms with E-state index < -0.39 is 61.7 Å². The maximum Gasteiger partial charge on any atom is 0.356 e. The van der Waals surface area contributed by atoms with E-state index >= 15 is 0 Å². The molecule has 0 saturated carbocycles. The average Bonchev–Trinajstić information content (AvgIpc) is 4.13. The van der Waals surface area contributed by atoms with E-state index in [2.05, 4.69) is 20.3 Å². The number of hydrogen-bond acceptors (Lipinski definition) is 15. The van der Waals surface area contributed by atoms with Crippen molar-refractivity contribution >= 4 is 30.3 Å². The molecule has 4 aromatic carbocycles. The molecular weight excluding hydrogens is 882 g/mol. The van der Waals surface area contributed by atoms with Gasteiger partial charge in [-0.1, -0.05) is 72.8 Å². The zero-order chi connectivity index (χ0) is 46.5. The van der Waals surface area contributed by atoms with Crippen LogP contribution in [-0.2, 0) is 38.2 Å². The van der Waals surface area contributed by atoms with Gasteiger partial charge in [-0.05, 0) is 60.0 Å². The van der Waals surface area contributed by atoms with E-state index in [1.54, 1.807) is 38.5 Å². The fourth-order valence-corrected chi connectivity index (χ4v) is 9.52. The predicted octanol–water partition coefficient (Wildman–Crippen LogP) is 7.39. The summed E-state index contributed by atoms with van der Waals surface area (Å²) in [7, 11) is 0.433.